The summed E-state index contributed by atoms with van der Waals surface area (Å²) in [6, 6.07) is 16.4. The van der Waals surface area contributed by atoms with Crippen LogP contribution in [0.5, 0.6) is 0 Å². The molecule has 3 heterocycles. The summed E-state index contributed by atoms with van der Waals surface area (Å²) in [5, 5.41) is 8.07. The van der Waals surface area contributed by atoms with E-state index in [1.54, 1.807) is 4.90 Å². The molecule has 0 aliphatic carbocycles. The Morgan fingerprint density at radius 1 is 0.972 bits per heavy atom. The van der Waals surface area contributed by atoms with Gasteiger partial charge in [0.05, 0.1) is 11.2 Å². The Bertz CT molecular complexity index is 1280. The van der Waals surface area contributed by atoms with Gasteiger partial charge in [0.2, 0.25) is 0 Å². The van der Waals surface area contributed by atoms with Gasteiger partial charge in [-0.3, -0.25) is 4.68 Å². The van der Waals surface area contributed by atoms with Gasteiger partial charge >= 0.3 is 6.09 Å². The topological polar surface area (TPSA) is 72.3 Å². The first kappa shape index (κ1) is 25.5. The molecule has 3 aromatic rings. The summed E-state index contributed by atoms with van der Waals surface area (Å²) in [5.41, 5.74) is 4.84. The average Bonchev–Trinajstić information content (AvgIpc) is 3.19. The fourth-order valence-corrected chi connectivity index (χ4v) is 4.31. The molecule has 1 amide bonds. The van der Waals surface area contributed by atoms with Crippen molar-refractivity contribution in [2.45, 2.75) is 66.0 Å². The highest BCUT2D eigenvalue weighted by molar-refractivity contribution is 5.75. The zero-order valence-corrected chi connectivity index (χ0v) is 22.4. The molecule has 0 fully saturated rings. The van der Waals surface area contributed by atoms with Gasteiger partial charge in [0.15, 0.2) is 5.82 Å². The number of amides is 1. The van der Waals surface area contributed by atoms with E-state index < -0.39 is 5.60 Å². The fourth-order valence-electron chi connectivity index (χ4n) is 4.31. The smallest absolute Gasteiger partial charge is 0.410 e. The highest BCUT2D eigenvalue weighted by Gasteiger charge is 2.24. The highest BCUT2D eigenvalue weighted by atomic mass is 16.6. The van der Waals surface area contributed by atoms with Gasteiger partial charge < -0.3 is 15.0 Å². The predicted molar refractivity (Wildman–Crippen MR) is 145 cm³/mol. The maximum absolute atomic E-state index is 12.4. The van der Waals surface area contributed by atoms with Gasteiger partial charge in [0.25, 0.3) is 0 Å². The molecular formula is C29H37N5O2. The molecule has 7 heteroatoms. The van der Waals surface area contributed by atoms with Crippen molar-refractivity contribution < 1.29 is 9.53 Å². The molecule has 0 spiro atoms. The van der Waals surface area contributed by atoms with Gasteiger partial charge in [-0.2, -0.15) is 5.10 Å². The minimum atomic E-state index is -0.489. The van der Waals surface area contributed by atoms with Crippen molar-refractivity contribution in [1.82, 2.24) is 19.7 Å². The van der Waals surface area contributed by atoms with Gasteiger partial charge in [0, 0.05) is 30.4 Å². The van der Waals surface area contributed by atoms with E-state index in [4.69, 9.17) is 14.8 Å². The molecular weight excluding hydrogens is 450 g/mol. The third-order valence-corrected chi connectivity index (χ3v) is 5.92. The first-order valence-electron chi connectivity index (χ1n) is 12.5. The predicted octanol–water partition coefficient (Wildman–Crippen LogP) is 6.78. The summed E-state index contributed by atoms with van der Waals surface area (Å²) in [7, 11) is 0. The highest BCUT2D eigenvalue weighted by Crippen LogP contribution is 2.28. The van der Waals surface area contributed by atoms with Crippen LogP contribution in [0.4, 0.5) is 16.4 Å². The van der Waals surface area contributed by atoms with Crippen LogP contribution < -0.4 is 5.32 Å². The van der Waals surface area contributed by atoms with E-state index in [-0.39, 0.29) is 11.6 Å². The van der Waals surface area contributed by atoms with Gasteiger partial charge in [-0.25, -0.2) is 9.78 Å². The quantitative estimate of drug-likeness (QED) is 0.439. The van der Waals surface area contributed by atoms with Crippen molar-refractivity contribution in [3.05, 3.63) is 65.9 Å². The summed E-state index contributed by atoms with van der Waals surface area (Å²) < 4.78 is 7.53. The zero-order valence-electron chi connectivity index (χ0n) is 22.4. The van der Waals surface area contributed by atoms with Crippen LogP contribution in [0.1, 0.15) is 59.2 Å². The molecule has 1 N–H and O–H groups in total. The van der Waals surface area contributed by atoms with Crippen molar-refractivity contribution in [1.29, 1.82) is 0 Å². The number of benzene rings is 1. The molecule has 1 aliphatic rings. The molecule has 36 heavy (non-hydrogen) atoms. The fraction of sp³-hybridized carbons (Fsp3) is 0.414. The molecule has 0 saturated heterocycles. The van der Waals surface area contributed by atoms with E-state index in [1.165, 1.54) is 5.57 Å². The number of hydrogen-bond acceptors (Lipinski definition) is 5. The normalized spacial score (nSPS) is 14.4. The molecule has 1 aliphatic heterocycles. The molecule has 7 nitrogen and oxygen atoms in total. The third kappa shape index (κ3) is 6.14. The third-order valence-electron chi connectivity index (χ3n) is 5.92. The standard InChI is InChI=1S/C29H37N5O2/c1-20-18-26(32-34(20)28(2,3)4)31-25-13-9-12-24(30-25)23-11-8-10-22(19-23)21-14-16-33(17-15-21)27(35)36-29(5,6)7/h8-14,18-19H,15-17H2,1-7H3,(H,30,31,32). The van der Waals surface area contributed by atoms with E-state index in [1.807, 2.05) is 49.7 Å². The second kappa shape index (κ2) is 9.80. The number of ether oxygens (including phenoxy) is 1. The number of hydrogen-bond donors (Lipinski definition) is 1. The monoisotopic (exact) mass is 487 g/mol. The van der Waals surface area contributed by atoms with Crippen molar-refractivity contribution >= 4 is 23.3 Å². The number of carbonyl (C=O) groups excluding carboxylic acids is 1. The molecule has 0 atom stereocenters. The number of rotatable bonds is 4. The van der Waals surface area contributed by atoms with E-state index in [0.29, 0.717) is 13.1 Å². The molecule has 190 valence electrons. The number of carbonyl (C=O) groups is 1. The number of pyridine rings is 1. The van der Waals surface area contributed by atoms with Crippen LogP contribution in [0.3, 0.4) is 0 Å². The second-order valence-corrected chi connectivity index (χ2v) is 11.3. The number of aromatic nitrogens is 3. The first-order chi connectivity index (χ1) is 16.9. The van der Waals surface area contributed by atoms with Crippen LogP contribution in [0.25, 0.3) is 16.8 Å². The van der Waals surface area contributed by atoms with Gasteiger partial charge in [-0.15, -0.1) is 0 Å². The lowest BCUT2D eigenvalue weighted by molar-refractivity contribution is 0.0270. The van der Waals surface area contributed by atoms with Crippen molar-refractivity contribution in [3.63, 3.8) is 0 Å². The van der Waals surface area contributed by atoms with Crippen molar-refractivity contribution in [3.8, 4) is 11.3 Å². The number of anilines is 2. The summed E-state index contributed by atoms with van der Waals surface area (Å²) >= 11 is 0. The zero-order chi connectivity index (χ0) is 26.1. The molecule has 4 rings (SSSR count). The van der Waals surface area contributed by atoms with Crippen LogP contribution in [0, 0.1) is 6.92 Å². The molecule has 1 aromatic carbocycles. The van der Waals surface area contributed by atoms with Crippen LogP contribution in [-0.4, -0.2) is 44.4 Å². The van der Waals surface area contributed by atoms with E-state index >= 15 is 0 Å². The lowest BCUT2D eigenvalue weighted by atomic mass is 9.97. The summed E-state index contributed by atoms with van der Waals surface area (Å²) in [4.78, 5) is 19.0. The minimum Gasteiger partial charge on any atom is -0.444 e. The lowest BCUT2D eigenvalue weighted by Crippen LogP contribution is -2.39. The number of nitrogens with zero attached hydrogens (tertiary/aromatic N) is 4. The molecule has 2 aromatic heterocycles. The van der Waals surface area contributed by atoms with Gasteiger partial charge in [-0.1, -0.05) is 30.3 Å². The Morgan fingerprint density at radius 3 is 2.33 bits per heavy atom. The Labute approximate surface area is 214 Å². The minimum absolute atomic E-state index is 0.0858. The summed E-state index contributed by atoms with van der Waals surface area (Å²) in [5.74, 6) is 1.53. The molecule has 0 saturated carbocycles. The van der Waals surface area contributed by atoms with E-state index in [0.717, 1.165) is 40.6 Å². The van der Waals surface area contributed by atoms with Crippen LogP contribution in [0.2, 0.25) is 0 Å². The molecule has 0 radical (unpaired) electrons. The lowest BCUT2D eigenvalue weighted by Gasteiger charge is -2.29. The van der Waals surface area contributed by atoms with Crippen LogP contribution in [0.15, 0.2) is 54.6 Å². The van der Waals surface area contributed by atoms with E-state index in [9.17, 15) is 4.79 Å². The van der Waals surface area contributed by atoms with Crippen molar-refractivity contribution in [2.24, 2.45) is 0 Å². The molecule has 0 unspecified atom stereocenters. The van der Waals surface area contributed by atoms with Gasteiger partial charge in [-0.05, 0) is 84.2 Å². The second-order valence-electron chi connectivity index (χ2n) is 11.3. The summed E-state index contributed by atoms with van der Waals surface area (Å²) in [6.07, 6.45) is 2.64. The van der Waals surface area contributed by atoms with Gasteiger partial charge in [0.1, 0.15) is 11.4 Å². The number of nitrogens with one attached hydrogen (secondary N) is 1. The van der Waals surface area contributed by atoms with Crippen molar-refractivity contribution in [2.75, 3.05) is 18.4 Å². The van der Waals surface area contributed by atoms with E-state index in [2.05, 4.69) is 63.4 Å². The van der Waals surface area contributed by atoms with Crippen LogP contribution in [-0.2, 0) is 10.3 Å². The maximum atomic E-state index is 12.4. The Kier molecular flexibility index (Phi) is 6.94. The molecule has 0 bridgehead atoms. The largest absolute Gasteiger partial charge is 0.444 e. The SMILES string of the molecule is Cc1cc(Nc2cccc(-c3cccc(C4=CCN(C(=O)OC(C)(C)C)CC4)c3)n2)nn1C(C)(C)C. The summed E-state index contributed by atoms with van der Waals surface area (Å²) in [6.45, 7) is 15.3. The first-order valence-corrected chi connectivity index (χ1v) is 12.5. The Hall–Kier alpha value is -3.61. The number of aryl methyl sites for hydroxylation is 1. The average molecular weight is 488 g/mol. The Morgan fingerprint density at radius 2 is 1.69 bits per heavy atom. The van der Waals surface area contributed by atoms with Crippen LogP contribution >= 0.6 is 0 Å². The maximum Gasteiger partial charge on any atom is 0.410 e. The Balaban J connectivity index is 1.49.